The standard InChI is InChI=1S/C7H5ClN2O2S2/c1-14(11,12)5-2-4-6(13-5)7(8)10-3-9-4/h2-3H,1H3. The number of thiophene rings is 1. The molecule has 0 spiro atoms. The highest BCUT2D eigenvalue weighted by Crippen LogP contribution is 2.31. The second-order valence-electron chi connectivity index (χ2n) is 2.72. The predicted molar refractivity (Wildman–Crippen MR) is 55.5 cm³/mol. The van der Waals surface area contributed by atoms with Crippen LogP contribution in [0.1, 0.15) is 0 Å². The fourth-order valence-corrected chi connectivity index (χ4v) is 3.15. The van der Waals surface area contributed by atoms with Crippen molar-refractivity contribution in [3.8, 4) is 0 Å². The molecule has 0 saturated carbocycles. The lowest BCUT2D eigenvalue weighted by molar-refractivity contribution is 0.604. The second kappa shape index (κ2) is 3.15. The van der Waals surface area contributed by atoms with E-state index in [1.807, 2.05) is 0 Å². The van der Waals surface area contributed by atoms with Crippen LogP contribution in [0.2, 0.25) is 5.15 Å². The van der Waals surface area contributed by atoms with E-state index in [1.165, 1.54) is 12.4 Å². The van der Waals surface area contributed by atoms with E-state index >= 15 is 0 Å². The fourth-order valence-electron chi connectivity index (χ4n) is 0.986. The number of hydrogen-bond donors (Lipinski definition) is 0. The Bertz CT molecular complexity index is 591. The number of hydrogen-bond acceptors (Lipinski definition) is 5. The molecule has 0 aliphatic heterocycles. The van der Waals surface area contributed by atoms with E-state index in [0.29, 0.717) is 10.2 Å². The Morgan fingerprint density at radius 3 is 2.71 bits per heavy atom. The van der Waals surface area contributed by atoms with Crippen molar-refractivity contribution < 1.29 is 8.42 Å². The Balaban J connectivity index is 2.81. The van der Waals surface area contributed by atoms with Crippen LogP contribution >= 0.6 is 22.9 Å². The van der Waals surface area contributed by atoms with Crippen LogP contribution in [-0.4, -0.2) is 24.6 Å². The van der Waals surface area contributed by atoms with E-state index in [2.05, 4.69) is 9.97 Å². The van der Waals surface area contributed by atoms with E-state index in [9.17, 15) is 8.42 Å². The van der Waals surface area contributed by atoms with Crippen LogP contribution in [-0.2, 0) is 9.84 Å². The van der Waals surface area contributed by atoms with Crippen molar-refractivity contribution in [3.63, 3.8) is 0 Å². The van der Waals surface area contributed by atoms with Crippen molar-refractivity contribution in [3.05, 3.63) is 17.5 Å². The summed E-state index contributed by atoms with van der Waals surface area (Å²) in [5, 5.41) is 0.287. The lowest BCUT2D eigenvalue weighted by Gasteiger charge is -1.88. The van der Waals surface area contributed by atoms with E-state index in [0.717, 1.165) is 17.6 Å². The van der Waals surface area contributed by atoms with E-state index in [-0.39, 0.29) is 9.36 Å². The zero-order valence-corrected chi connectivity index (χ0v) is 9.45. The maximum absolute atomic E-state index is 11.2. The fraction of sp³-hybridized carbons (Fsp3) is 0.143. The number of nitrogens with zero attached hydrogens (tertiary/aromatic N) is 2. The maximum Gasteiger partial charge on any atom is 0.184 e. The summed E-state index contributed by atoms with van der Waals surface area (Å²) < 4.78 is 23.3. The van der Waals surface area contributed by atoms with Crippen LogP contribution in [0.3, 0.4) is 0 Å². The number of fused-ring (bicyclic) bond motifs is 1. The summed E-state index contributed by atoms with van der Waals surface area (Å²) in [4.78, 5) is 7.70. The van der Waals surface area contributed by atoms with Gasteiger partial charge in [-0.25, -0.2) is 18.4 Å². The number of rotatable bonds is 1. The average Bonchev–Trinajstić information content (AvgIpc) is 2.48. The quantitative estimate of drug-likeness (QED) is 0.722. The summed E-state index contributed by atoms with van der Waals surface area (Å²) in [7, 11) is -3.19. The van der Waals surface area contributed by atoms with E-state index in [1.54, 1.807) is 0 Å². The first-order valence-corrected chi connectivity index (χ1v) is 6.67. The molecule has 2 aromatic rings. The monoisotopic (exact) mass is 248 g/mol. The minimum absolute atomic E-state index is 0.259. The molecule has 2 aromatic heterocycles. The van der Waals surface area contributed by atoms with Gasteiger partial charge in [-0.15, -0.1) is 11.3 Å². The van der Waals surface area contributed by atoms with Crippen molar-refractivity contribution in [2.24, 2.45) is 0 Å². The molecule has 0 aliphatic carbocycles. The molecule has 74 valence electrons. The Kier molecular flexibility index (Phi) is 2.21. The molecule has 4 nitrogen and oxygen atoms in total. The minimum Gasteiger partial charge on any atom is -0.235 e. The molecule has 0 N–H and O–H groups in total. The summed E-state index contributed by atoms with van der Waals surface area (Å²) in [6.45, 7) is 0. The lowest BCUT2D eigenvalue weighted by Crippen LogP contribution is -1.91. The molecule has 14 heavy (non-hydrogen) atoms. The Hall–Kier alpha value is -0.720. The Morgan fingerprint density at radius 1 is 1.43 bits per heavy atom. The molecule has 0 fully saturated rings. The SMILES string of the molecule is CS(=O)(=O)c1cc2ncnc(Cl)c2s1. The number of aromatic nitrogens is 2. The highest BCUT2D eigenvalue weighted by atomic mass is 35.5. The third kappa shape index (κ3) is 1.60. The largest absolute Gasteiger partial charge is 0.235 e. The molecular weight excluding hydrogens is 244 g/mol. The second-order valence-corrected chi connectivity index (χ2v) is 6.37. The number of halogens is 1. The molecule has 0 unspecified atom stereocenters. The van der Waals surface area contributed by atoms with Gasteiger partial charge in [-0.3, -0.25) is 0 Å². The molecule has 0 amide bonds. The lowest BCUT2D eigenvalue weighted by atomic mass is 10.5. The van der Waals surface area contributed by atoms with Crippen molar-refractivity contribution in [1.29, 1.82) is 0 Å². The molecule has 0 saturated heterocycles. The van der Waals surface area contributed by atoms with E-state index < -0.39 is 9.84 Å². The topological polar surface area (TPSA) is 59.9 Å². The summed E-state index contributed by atoms with van der Waals surface area (Å²) in [6.07, 6.45) is 2.46. The molecule has 7 heteroatoms. The van der Waals surface area contributed by atoms with Gasteiger partial charge in [0.2, 0.25) is 0 Å². The first-order chi connectivity index (χ1) is 6.48. The first kappa shape index (κ1) is 9.82. The smallest absolute Gasteiger partial charge is 0.184 e. The van der Waals surface area contributed by atoms with Crippen molar-refractivity contribution >= 4 is 43.0 Å². The number of sulfone groups is 1. The van der Waals surface area contributed by atoms with Crippen LogP contribution in [0.5, 0.6) is 0 Å². The van der Waals surface area contributed by atoms with E-state index in [4.69, 9.17) is 11.6 Å². The third-order valence-corrected chi connectivity index (χ3v) is 4.94. The summed E-state index contributed by atoms with van der Waals surface area (Å²) >= 11 is 6.87. The van der Waals surface area contributed by atoms with Crippen molar-refractivity contribution in [2.75, 3.05) is 6.26 Å². The minimum atomic E-state index is -3.19. The molecule has 2 heterocycles. The van der Waals surface area contributed by atoms with Gasteiger partial charge < -0.3 is 0 Å². The van der Waals surface area contributed by atoms with Gasteiger partial charge in [0.05, 0.1) is 10.2 Å². The summed E-state index contributed by atoms with van der Waals surface area (Å²) in [5.41, 5.74) is 0.565. The van der Waals surface area contributed by atoms with Crippen LogP contribution < -0.4 is 0 Å². The molecule has 0 radical (unpaired) electrons. The molecule has 0 atom stereocenters. The Morgan fingerprint density at radius 2 is 2.14 bits per heavy atom. The van der Waals surface area contributed by atoms with Crippen molar-refractivity contribution in [2.45, 2.75) is 4.21 Å². The summed E-state index contributed by atoms with van der Waals surface area (Å²) in [6, 6.07) is 1.50. The van der Waals surface area contributed by atoms with Gasteiger partial charge in [-0.2, -0.15) is 0 Å². The zero-order valence-electron chi connectivity index (χ0n) is 7.06. The average molecular weight is 249 g/mol. The van der Waals surface area contributed by atoms with Gasteiger partial charge in [0.25, 0.3) is 0 Å². The third-order valence-electron chi connectivity index (χ3n) is 1.61. The highest BCUT2D eigenvalue weighted by Gasteiger charge is 2.14. The maximum atomic E-state index is 11.2. The van der Waals surface area contributed by atoms with Crippen LogP contribution in [0.25, 0.3) is 10.2 Å². The van der Waals surface area contributed by atoms with Crippen molar-refractivity contribution in [1.82, 2.24) is 9.97 Å². The highest BCUT2D eigenvalue weighted by molar-refractivity contribution is 7.93. The molecule has 0 bridgehead atoms. The normalized spacial score (nSPS) is 12.1. The van der Waals surface area contributed by atoms with Gasteiger partial charge in [0, 0.05) is 6.26 Å². The Labute approximate surface area is 89.5 Å². The summed E-state index contributed by atoms with van der Waals surface area (Å²) in [5.74, 6) is 0. The molecule has 0 aliphatic rings. The molecule has 2 rings (SSSR count). The van der Waals surface area contributed by atoms with Gasteiger partial charge >= 0.3 is 0 Å². The molecule has 0 aromatic carbocycles. The zero-order chi connectivity index (χ0) is 10.3. The van der Waals surface area contributed by atoms with Gasteiger partial charge in [0.15, 0.2) is 9.84 Å². The first-order valence-electron chi connectivity index (χ1n) is 3.58. The van der Waals surface area contributed by atoms with Crippen LogP contribution in [0.15, 0.2) is 16.6 Å². The van der Waals surface area contributed by atoms with Gasteiger partial charge in [0.1, 0.15) is 15.7 Å². The predicted octanol–water partition coefficient (Wildman–Crippen LogP) is 1.75. The van der Waals surface area contributed by atoms with Crippen LogP contribution in [0, 0.1) is 0 Å². The van der Waals surface area contributed by atoms with Gasteiger partial charge in [-0.05, 0) is 6.07 Å². The molecular formula is C7H5ClN2O2S2. The van der Waals surface area contributed by atoms with Gasteiger partial charge in [-0.1, -0.05) is 11.6 Å². The van der Waals surface area contributed by atoms with Crippen LogP contribution in [0.4, 0.5) is 0 Å².